The van der Waals surface area contributed by atoms with Crippen molar-refractivity contribution >= 4 is 0 Å². The molecule has 6 heteroatoms. The largest absolute Gasteiger partial charge is 0.573 e. The van der Waals surface area contributed by atoms with Gasteiger partial charge in [0.2, 0.25) is 0 Å². The zero-order valence-electron chi connectivity index (χ0n) is 11.8. The summed E-state index contributed by atoms with van der Waals surface area (Å²) in [5.74, 6) is 0.511. The Labute approximate surface area is 116 Å². The van der Waals surface area contributed by atoms with E-state index in [1.807, 2.05) is 0 Å². The number of alkyl halides is 3. The van der Waals surface area contributed by atoms with E-state index in [2.05, 4.69) is 18.6 Å². The summed E-state index contributed by atoms with van der Waals surface area (Å²) in [4.78, 5) is 0. The van der Waals surface area contributed by atoms with Crippen molar-refractivity contribution < 1.29 is 22.6 Å². The van der Waals surface area contributed by atoms with Crippen LogP contribution >= 0.6 is 0 Å². The van der Waals surface area contributed by atoms with Crippen molar-refractivity contribution in [3.8, 4) is 11.5 Å². The minimum atomic E-state index is -4.72. The molecule has 20 heavy (non-hydrogen) atoms. The molecule has 0 aliphatic heterocycles. The first-order valence-corrected chi connectivity index (χ1v) is 6.42. The lowest BCUT2D eigenvalue weighted by molar-refractivity contribution is -0.274. The van der Waals surface area contributed by atoms with Gasteiger partial charge in [0.25, 0.3) is 0 Å². The molecule has 0 aliphatic rings. The number of ether oxygens (including phenoxy) is 2. The summed E-state index contributed by atoms with van der Waals surface area (Å²) in [6.07, 6.45) is -3.04. The van der Waals surface area contributed by atoms with Gasteiger partial charge in [-0.2, -0.15) is 0 Å². The molecular weight excluding hydrogens is 271 g/mol. The molecule has 1 aromatic carbocycles. The molecule has 0 aliphatic carbocycles. The van der Waals surface area contributed by atoms with Crippen LogP contribution in [-0.4, -0.2) is 13.5 Å². The lowest BCUT2D eigenvalue weighted by Gasteiger charge is -2.18. The van der Waals surface area contributed by atoms with Crippen LogP contribution in [0.15, 0.2) is 18.2 Å². The number of methoxy groups -OCH3 is 1. The maximum absolute atomic E-state index is 12.2. The fourth-order valence-electron chi connectivity index (χ4n) is 1.86. The van der Waals surface area contributed by atoms with Crippen LogP contribution in [0.3, 0.4) is 0 Å². The van der Waals surface area contributed by atoms with Crippen LogP contribution in [0.4, 0.5) is 13.2 Å². The highest BCUT2D eigenvalue weighted by Crippen LogP contribution is 2.33. The fourth-order valence-corrected chi connectivity index (χ4v) is 1.86. The van der Waals surface area contributed by atoms with Crippen LogP contribution in [0.5, 0.6) is 11.5 Å². The molecule has 0 aromatic heterocycles. The van der Waals surface area contributed by atoms with Crippen molar-refractivity contribution in [3.05, 3.63) is 23.8 Å². The molecule has 1 atom stereocenters. The van der Waals surface area contributed by atoms with E-state index >= 15 is 0 Å². The molecule has 0 unspecified atom stereocenters. The second-order valence-corrected chi connectivity index (χ2v) is 5.03. The average molecular weight is 291 g/mol. The van der Waals surface area contributed by atoms with Crippen LogP contribution < -0.4 is 15.2 Å². The van der Waals surface area contributed by atoms with E-state index in [-0.39, 0.29) is 11.8 Å². The van der Waals surface area contributed by atoms with Crippen LogP contribution in [0.1, 0.15) is 38.3 Å². The van der Waals surface area contributed by atoms with Crippen molar-refractivity contribution in [1.82, 2.24) is 0 Å². The fraction of sp³-hybridized carbons (Fsp3) is 0.571. The highest BCUT2D eigenvalue weighted by molar-refractivity contribution is 5.42. The summed E-state index contributed by atoms with van der Waals surface area (Å²) >= 11 is 0. The van der Waals surface area contributed by atoms with Gasteiger partial charge in [0, 0.05) is 17.7 Å². The zero-order valence-corrected chi connectivity index (χ0v) is 11.8. The van der Waals surface area contributed by atoms with E-state index in [0.717, 1.165) is 12.8 Å². The van der Waals surface area contributed by atoms with Crippen LogP contribution in [-0.2, 0) is 0 Å². The van der Waals surface area contributed by atoms with Gasteiger partial charge in [0.1, 0.15) is 11.5 Å². The van der Waals surface area contributed by atoms with Crippen molar-refractivity contribution in [1.29, 1.82) is 0 Å². The first kappa shape index (κ1) is 16.6. The Morgan fingerprint density at radius 2 is 1.85 bits per heavy atom. The topological polar surface area (TPSA) is 44.5 Å². The summed E-state index contributed by atoms with van der Waals surface area (Å²) in [6.45, 7) is 4.18. The Hall–Kier alpha value is -1.43. The van der Waals surface area contributed by atoms with E-state index in [1.54, 1.807) is 0 Å². The molecule has 3 nitrogen and oxygen atoms in total. The smallest absolute Gasteiger partial charge is 0.496 e. The lowest BCUT2D eigenvalue weighted by atomic mass is 9.97. The van der Waals surface area contributed by atoms with Gasteiger partial charge < -0.3 is 15.2 Å². The third-order valence-electron chi connectivity index (χ3n) is 2.89. The van der Waals surface area contributed by atoms with E-state index in [0.29, 0.717) is 17.2 Å². The molecule has 0 saturated carbocycles. The average Bonchev–Trinajstić information content (AvgIpc) is 2.33. The van der Waals surface area contributed by atoms with Crippen LogP contribution in [0, 0.1) is 5.92 Å². The Balaban J connectivity index is 2.87. The Morgan fingerprint density at radius 3 is 2.35 bits per heavy atom. The van der Waals surface area contributed by atoms with Gasteiger partial charge in [-0.15, -0.1) is 13.2 Å². The summed E-state index contributed by atoms with van der Waals surface area (Å²) in [5.41, 5.74) is 6.74. The Bertz CT molecular complexity index is 433. The molecule has 0 bridgehead atoms. The van der Waals surface area contributed by atoms with Gasteiger partial charge in [0.05, 0.1) is 7.11 Å². The third-order valence-corrected chi connectivity index (χ3v) is 2.89. The van der Waals surface area contributed by atoms with Gasteiger partial charge in [-0.25, -0.2) is 0 Å². The summed E-state index contributed by atoms with van der Waals surface area (Å²) in [7, 11) is 1.39. The van der Waals surface area contributed by atoms with Crippen molar-refractivity contribution in [2.24, 2.45) is 11.7 Å². The second-order valence-electron chi connectivity index (χ2n) is 5.03. The molecule has 1 aromatic rings. The highest BCUT2D eigenvalue weighted by atomic mass is 19.4. The standard InChI is InChI=1S/C14H20F3NO2/c1-9(2)4-7-12(18)11-6-5-10(8-13(11)19-3)20-14(15,16)17/h5-6,8-9,12H,4,7,18H2,1-3H3/t12-/m0/s1. The number of benzene rings is 1. The second kappa shape index (κ2) is 6.83. The first-order valence-electron chi connectivity index (χ1n) is 6.42. The van der Waals surface area contributed by atoms with Crippen LogP contribution in [0.25, 0.3) is 0 Å². The maximum atomic E-state index is 12.2. The highest BCUT2D eigenvalue weighted by Gasteiger charge is 2.31. The predicted molar refractivity (Wildman–Crippen MR) is 70.7 cm³/mol. The SMILES string of the molecule is COc1cc(OC(F)(F)F)ccc1[C@@H](N)CCC(C)C. The number of hydrogen-bond donors (Lipinski definition) is 1. The van der Waals surface area contributed by atoms with E-state index in [9.17, 15) is 13.2 Å². The first-order chi connectivity index (χ1) is 9.23. The van der Waals surface area contributed by atoms with E-state index < -0.39 is 6.36 Å². The molecule has 0 heterocycles. The Kier molecular flexibility index (Phi) is 5.68. The van der Waals surface area contributed by atoms with Crippen molar-refractivity contribution in [3.63, 3.8) is 0 Å². The van der Waals surface area contributed by atoms with Gasteiger partial charge in [-0.05, 0) is 24.8 Å². The van der Waals surface area contributed by atoms with Crippen LogP contribution in [0.2, 0.25) is 0 Å². The normalized spacial score (nSPS) is 13.4. The molecule has 0 fully saturated rings. The quantitative estimate of drug-likeness (QED) is 0.860. The summed E-state index contributed by atoms with van der Waals surface area (Å²) in [5, 5.41) is 0. The van der Waals surface area contributed by atoms with E-state index in [1.165, 1.54) is 25.3 Å². The van der Waals surface area contributed by atoms with Crippen molar-refractivity contribution in [2.45, 2.75) is 39.1 Å². The molecule has 114 valence electrons. The molecule has 1 rings (SSSR count). The zero-order chi connectivity index (χ0) is 15.3. The van der Waals surface area contributed by atoms with Gasteiger partial charge in [-0.1, -0.05) is 19.9 Å². The predicted octanol–water partition coefficient (Wildman–Crippen LogP) is 4.03. The number of rotatable bonds is 6. The lowest BCUT2D eigenvalue weighted by Crippen LogP contribution is -2.17. The molecule has 0 saturated heterocycles. The molecule has 0 radical (unpaired) electrons. The summed E-state index contributed by atoms with van der Waals surface area (Å²) < 4.78 is 45.4. The maximum Gasteiger partial charge on any atom is 0.573 e. The van der Waals surface area contributed by atoms with Gasteiger partial charge in [-0.3, -0.25) is 0 Å². The Morgan fingerprint density at radius 1 is 1.20 bits per heavy atom. The number of hydrogen-bond acceptors (Lipinski definition) is 3. The minimum Gasteiger partial charge on any atom is -0.496 e. The summed E-state index contributed by atoms with van der Waals surface area (Å²) in [6, 6.07) is 3.70. The third kappa shape index (κ3) is 5.28. The minimum absolute atomic E-state index is 0.271. The van der Waals surface area contributed by atoms with Gasteiger partial charge in [0.15, 0.2) is 0 Å². The number of nitrogens with two attached hydrogens (primary N) is 1. The number of halogens is 3. The molecule has 2 N–H and O–H groups in total. The van der Waals surface area contributed by atoms with Gasteiger partial charge >= 0.3 is 6.36 Å². The molecule has 0 spiro atoms. The monoisotopic (exact) mass is 291 g/mol. The van der Waals surface area contributed by atoms with Crippen molar-refractivity contribution in [2.75, 3.05) is 7.11 Å². The molecule has 0 amide bonds. The molecular formula is C14H20F3NO2. The van der Waals surface area contributed by atoms with E-state index in [4.69, 9.17) is 10.5 Å².